The molecule has 0 aromatic rings. The highest BCUT2D eigenvalue weighted by atomic mass is 16.2. The minimum absolute atomic E-state index is 0.190. The molecule has 0 N–H and O–H groups in total. The van der Waals surface area contributed by atoms with E-state index >= 15 is 0 Å². The first-order chi connectivity index (χ1) is 12.5. The highest BCUT2D eigenvalue weighted by Crippen LogP contribution is 2.35. The van der Waals surface area contributed by atoms with Crippen molar-refractivity contribution in [2.75, 3.05) is 52.4 Å². The molecule has 2 aliphatic rings. The lowest BCUT2D eigenvalue weighted by molar-refractivity contribution is -0.143. The number of likely N-dealkylation sites (tertiary alicyclic amines) is 1. The average Bonchev–Trinajstić information content (AvgIpc) is 2.54. The number of hydrogen-bond donors (Lipinski definition) is 0. The van der Waals surface area contributed by atoms with Crippen molar-refractivity contribution in [3.63, 3.8) is 0 Å². The van der Waals surface area contributed by atoms with Crippen molar-refractivity contribution in [2.24, 2.45) is 22.7 Å². The van der Waals surface area contributed by atoms with Crippen LogP contribution in [0.3, 0.4) is 0 Å². The molecule has 27 heavy (non-hydrogen) atoms. The third-order valence-corrected chi connectivity index (χ3v) is 6.06. The number of nitrogens with zero attached hydrogens (tertiary/aromatic N) is 3. The van der Waals surface area contributed by atoms with Gasteiger partial charge in [0.2, 0.25) is 5.91 Å². The zero-order valence-corrected chi connectivity index (χ0v) is 19.2. The minimum atomic E-state index is -0.252. The number of piperidine rings is 1. The van der Waals surface area contributed by atoms with E-state index in [0.717, 1.165) is 31.3 Å². The molecule has 0 saturated carbocycles. The van der Waals surface area contributed by atoms with Gasteiger partial charge in [0.15, 0.2) is 0 Å². The predicted octanol–water partition coefficient (Wildman–Crippen LogP) is 3.96. The van der Waals surface area contributed by atoms with Gasteiger partial charge in [-0.25, -0.2) is 0 Å². The van der Waals surface area contributed by atoms with E-state index in [0.29, 0.717) is 5.91 Å². The molecule has 2 saturated heterocycles. The third-order valence-electron chi connectivity index (χ3n) is 6.06. The van der Waals surface area contributed by atoms with Crippen LogP contribution in [0.5, 0.6) is 0 Å². The van der Waals surface area contributed by atoms with Gasteiger partial charge in [-0.2, -0.15) is 0 Å². The second-order valence-corrected chi connectivity index (χ2v) is 11.4. The maximum atomic E-state index is 13.0. The van der Waals surface area contributed by atoms with Crippen LogP contribution in [0.25, 0.3) is 0 Å². The van der Waals surface area contributed by atoms with Crippen LogP contribution in [-0.4, -0.2) is 73.0 Å². The Labute approximate surface area is 168 Å². The molecule has 4 heteroatoms. The number of piperazine rings is 1. The maximum Gasteiger partial charge on any atom is 0.228 e. The molecule has 0 radical (unpaired) electrons. The number of carbonyl (C=O) groups excluding carboxylic acids is 1. The Morgan fingerprint density at radius 2 is 1.41 bits per heavy atom. The van der Waals surface area contributed by atoms with E-state index in [9.17, 15) is 4.79 Å². The summed E-state index contributed by atoms with van der Waals surface area (Å²) in [4.78, 5) is 20.4. The fourth-order valence-corrected chi connectivity index (χ4v) is 5.18. The number of amides is 1. The van der Waals surface area contributed by atoms with Gasteiger partial charge in [-0.3, -0.25) is 4.79 Å². The molecule has 2 aliphatic heterocycles. The average molecular weight is 380 g/mol. The quantitative estimate of drug-likeness (QED) is 0.699. The predicted molar refractivity (Wildman–Crippen MR) is 115 cm³/mol. The van der Waals surface area contributed by atoms with E-state index in [4.69, 9.17) is 0 Å². The first-order valence-electron chi connectivity index (χ1n) is 11.2. The molecule has 2 heterocycles. The number of rotatable bonds is 6. The summed E-state index contributed by atoms with van der Waals surface area (Å²) in [7, 11) is 0. The van der Waals surface area contributed by atoms with Crippen molar-refractivity contribution in [1.82, 2.24) is 14.7 Å². The Kier molecular flexibility index (Phi) is 7.78. The summed E-state index contributed by atoms with van der Waals surface area (Å²) in [6.07, 6.45) is 3.28. The summed E-state index contributed by atoms with van der Waals surface area (Å²) >= 11 is 0. The second kappa shape index (κ2) is 9.26. The molecule has 0 spiro atoms. The van der Waals surface area contributed by atoms with Crippen molar-refractivity contribution in [2.45, 2.75) is 67.7 Å². The molecule has 0 aromatic heterocycles. The Balaban J connectivity index is 1.73. The molecule has 0 atom stereocenters. The van der Waals surface area contributed by atoms with Gasteiger partial charge in [0, 0.05) is 57.8 Å². The molecule has 2 rings (SSSR count). The van der Waals surface area contributed by atoms with Gasteiger partial charge >= 0.3 is 0 Å². The standard InChI is InChI=1S/C23H45N3O/c1-19(2)16-24-12-14-25(15-13-24)17-20-8-10-26(11-9-20)21(27)23(6,7)18-22(3,4)5/h19-20H,8-18H2,1-7H3. The Morgan fingerprint density at radius 3 is 1.89 bits per heavy atom. The van der Waals surface area contributed by atoms with Crippen molar-refractivity contribution >= 4 is 5.91 Å². The molecule has 0 aliphatic carbocycles. The van der Waals surface area contributed by atoms with Crippen molar-refractivity contribution < 1.29 is 4.79 Å². The lowest BCUT2D eigenvalue weighted by Gasteiger charge is -2.41. The van der Waals surface area contributed by atoms with E-state index in [1.165, 1.54) is 52.1 Å². The maximum absolute atomic E-state index is 13.0. The lowest BCUT2D eigenvalue weighted by Crippen LogP contribution is -2.50. The number of hydrogen-bond acceptors (Lipinski definition) is 3. The smallest absolute Gasteiger partial charge is 0.228 e. The summed E-state index contributed by atoms with van der Waals surface area (Å²) in [5.74, 6) is 1.88. The van der Waals surface area contributed by atoms with Crippen LogP contribution in [0.1, 0.15) is 67.7 Å². The van der Waals surface area contributed by atoms with E-state index in [2.05, 4.69) is 63.2 Å². The van der Waals surface area contributed by atoms with Crippen molar-refractivity contribution in [3.05, 3.63) is 0 Å². The van der Waals surface area contributed by atoms with Crippen molar-refractivity contribution in [3.8, 4) is 0 Å². The van der Waals surface area contributed by atoms with Crippen LogP contribution in [0, 0.1) is 22.7 Å². The molecule has 1 amide bonds. The summed E-state index contributed by atoms with van der Waals surface area (Å²) < 4.78 is 0. The lowest BCUT2D eigenvalue weighted by atomic mass is 9.75. The highest BCUT2D eigenvalue weighted by molar-refractivity contribution is 5.82. The summed E-state index contributed by atoms with van der Waals surface area (Å²) in [6, 6.07) is 0. The Morgan fingerprint density at radius 1 is 0.889 bits per heavy atom. The van der Waals surface area contributed by atoms with Gasteiger partial charge < -0.3 is 14.7 Å². The highest BCUT2D eigenvalue weighted by Gasteiger charge is 2.37. The zero-order valence-electron chi connectivity index (χ0n) is 19.2. The first kappa shape index (κ1) is 22.7. The van der Waals surface area contributed by atoms with Gasteiger partial charge in [0.1, 0.15) is 0 Å². The molecule has 0 bridgehead atoms. The van der Waals surface area contributed by atoms with Crippen molar-refractivity contribution in [1.29, 1.82) is 0 Å². The molecule has 158 valence electrons. The summed E-state index contributed by atoms with van der Waals surface area (Å²) in [6.45, 7) is 24.8. The largest absolute Gasteiger partial charge is 0.342 e. The minimum Gasteiger partial charge on any atom is -0.342 e. The van der Waals surface area contributed by atoms with E-state index in [1.807, 2.05) is 0 Å². The summed E-state index contributed by atoms with van der Waals surface area (Å²) in [5.41, 5.74) is -0.0625. The second-order valence-electron chi connectivity index (χ2n) is 11.4. The van der Waals surface area contributed by atoms with Crippen LogP contribution >= 0.6 is 0 Å². The SMILES string of the molecule is CC(C)CN1CCN(CC2CCN(C(=O)C(C)(C)CC(C)(C)C)CC2)CC1. The van der Waals surface area contributed by atoms with Gasteiger partial charge in [-0.05, 0) is 36.5 Å². The van der Waals surface area contributed by atoms with Crippen LogP contribution in [0.4, 0.5) is 0 Å². The topological polar surface area (TPSA) is 26.8 Å². The summed E-state index contributed by atoms with van der Waals surface area (Å²) in [5, 5.41) is 0. The van der Waals surface area contributed by atoms with Crippen LogP contribution in [0.15, 0.2) is 0 Å². The number of carbonyl (C=O) groups is 1. The van der Waals surface area contributed by atoms with Gasteiger partial charge in [-0.15, -0.1) is 0 Å². The van der Waals surface area contributed by atoms with E-state index in [1.54, 1.807) is 0 Å². The van der Waals surface area contributed by atoms with Gasteiger partial charge in [0.25, 0.3) is 0 Å². The Hall–Kier alpha value is -0.610. The molecule has 0 aromatic carbocycles. The van der Waals surface area contributed by atoms with E-state index in [-0.39, 0.29) is 10.8 Å². The fourth-order valence-electron chi connectivity index (χ4n) is 5.18. The van der Waals surface area contributed by atoms with Gasteiger partial charge in [0.05, 0.1) is 0 Å². The fraction of sp³-hybridized carbons (Fsp3) is 0.957. The molecule has 2 fully saturated rings. The molecular formula is C23H45N3O. The molecule has 0 unspecified atom stereocenters. The van der Waals surface area contributed by atoms with Gasteiger partial charge in [-0.1, -0.05) is 48.5 Å². The van der Waals surface area contributed by atoms with E-state index < -0.39 is 0 Å². The molecule has 4 nitrogen and oxygen atoms in total. The third kappa shape index (κ3) is 7.38. The first-order valence-corrected chi connectivity index (χ1v) is 11.2. The normalized spacial score (nSPS) is 21.9. The molecular weight excluding hydrogens is 334 g/mol. The van der Waals surface area contributed by atoms with Crippen LogP contribution < -0.4 is 0 Å². The monoisotopic (exact) mass is 379 g/mol. The zero-order chi connectivity index (χ0) is 20.2. The Bertz CT molecular complexity index is 465. The van der Waals surface area contributed by atoms with Crippen LogP contribution in [-0.2, 0) is 4.79 Å². The van der Waals surface area contributed by atoms with Crippen LogP contribution in [0.2, 0.25) is 0 Å².